The third-order valence-electron chi connectivity index (χ3n) is 3.22. The zero-order chi connectivity index (χ0) is 12.5. The number of amides is 1. The summed E-state index contributed by atoms with van der Waals surface area (Å²) in [6.45, 7) is 2.60. The monoisotopic (exact) mass is 228 g/mol. The Morgan fingerprint density at radius 2 is 2.24 bits per heavy atom. The van der Waals surface area contributed by atoms with E-state index in [1.54, 1.807) is 11.9 Å². The molecule has 1 aromatic carbocycles. The maximum Gasteiger partial charge on any atom is 0.243 e. The first-order valence-corrected chi connectivity index (χ1v) is 5.80. The van der Waals surface area contributed by atoms with Crippen molar-refractivity contribution >= 4 is 5.91 Å². The molecule has 1 aliphatic carbocycles. The van der Waals surface area contributed by atoms with Gasteiger partial charge in [-0.2, -0.15) is 5.26 Å². The summed E-state index contributed by atoms with van der Waals surface area (Å²) in [5.74, 6) is -0.0403. The molecule has 1 aliphatic rings. The molecule has 0 N–H and O–H groups in total. The third-order valence-corrected chi connectivity index (χ3v) is 3.22. The lowest BCUT2D eigenvalue weighted by atomic mass is 10.1. The van der Waals surface area contributed by atoms with Crippen LogP contribution in [0.3, 0.4) is 0 Å². The fourth-order valence-electron chi connectivity index (χ4n) is 2.02. The molecule has 2 rings (SSSR count). The van der Waals surface area contributed by atoms with Crippen LogP contribution in [0.4, 0.5) is 0 Å². The molecule has 1 amide bonds. The van der Waals surface area contributed by atoms with E-state index < -0.39 is 5.41 Å². The normalized spacial score (nSPS) is 16.1. The Bertz CT molecular complexity index is 483. The van der Waals surface area contributed by atoms with E-state index in [2.05, 4.69) is 12.1 Å². The Balaban J connectivity index is 2.05. The van der Waals surface area contributed by atoms with Crippen LogP contribution in [-0.4, -0.2) is 17.9 Å². The molecular weight excluding hydrogens is 212 g/mol. The molecular formula is C14H16N2O. The van der Waals surface area contributed by atoms with Crippen molar-refractivity contribution in [2.75, 3.05) is 7.05 Å². The van der Waals surface area contributed by atoms with Gasteiger partial charge in [-0.25, -0.2) is 0 Å². The van der Waals surface area contributed by atoms with E-state index in [4.69, 9.17) is 5.26 Å². The minimum atomic E-state index is -0.710. The van der Waals surface area contributed by atoms with E-state index in [0.29, 0.717) is 19.4 Å². The molecule has 88 valence electrons. The first-order chi connectivity index (χ1) is 8.07. The lowest BCUT2D eigenvalue weighted by molar-refractivity contribution is -0.134. The van der Waals surface area contributed by atoms with Crippen LogP contribution >= 0.6 is 0 Å². The van der Waals surface area contributed by atoms with E-state index >= 15 is 0 Å². The second-order valence-corrected chi connectivity index (χ2v) is 4.84. The number of benzene rings is 1. The molecule has 0 saturated heterocycles. The maximum atomic E-state index is 12.1. The predicted molar refractivity (Wildman–Crippen MR) is 64.9 cm³/mol. The lowest BCUT2D eigenvalue weighted by Crippen LogP contribution is -2.33. The van der Waals surface area contributed by atoms with Crippen LogP contribution in [0.25, 0.3) is 0 Å². The molecule has 1 saturated carbocycles. The number of carbonyl (C=O) groups excluding carboxylic acids is 1. The molecule has 1 aromatic rings. The summed E-state index contributed by atoms with van der Waals surface area (Å²) in [5, 5.41) is 8.99. The van der Waals surface area contributed by atoms with Crippen molar-refractivity contribution in [2.45, 2.75) is 26.3 Å². The molecule has 17 heavy (non-hydrogen) atoms. The van der Waals surface area contributed by atoms with Gasteiger partial charge in [0.15, 0.2) is 0 Å². The second kappa shape index (κ2) is 4.21. The Morgan fingerprint density at radius 3 is 2.76 bits per heavy atom. The smallest absolute Gasteiger partial charge is 0.243 e. The molecule has 0 bridgehead atoms. The summed E-state index contributed by atoms with van der Waals surface area (Å²) in [6, 6.07) is 10.2. The van der Waals surface area contributed by atoms with Crippen LogP contribution in [0, 0.1) is 23.7 Å². The fourth-order valence-corrected chi connectivity index (χ4v) is 2.02. The number of aryl methyl sites for hydroxylation is 1. The second-order valence-electron chi connectivity index (χ2n) is 4.84. The average molecular weight is 228 g/mol. The zero-order valence-electron chi connectivity index (χ0n) is 10.2. The highest BCUT2D eigenvalue weighted by Gasteiger charge is 2.51. The van der Waals surface area contributed by atoms with Crippen LogP contribution < -0.4 is 0 Å². The number of nitrogens with zero attached hydrogens (tertiary/aromatic N) is 2. The van der Waals surface area contributed by atoms with Gasteiger partial charge < -0.3 is 4.90 Å². The molecule has 0 aliphatic heterocycles. The number of carbonyl (C=O) groups is 1. The summed E-state index contributed by atoms with van der Waals surface area (Å²) in [6.07, 6.45) is 1.42. The van der Waals surface area contributed by atoms with Gasteiger partial charge >= 0.3 is 0 Å². The molecule has 0 radical (unpaired) electrons. The van der Waals surface area contributed by atoms with Gasteiger partial charge in [-0.3, -0.25) is 4.79 Å². The van der Waals surface area contributed by atoms with Gasteiger partial charge in [0.25, 0.3) is 0 Å². The topological polar surface area (TPSA) is 44.1 Å². The van der Waals surface area contributed by atoms with E-state index in [1.165, 1.54) is 5.56 Å². The van der Waals surface area contributed by atoms with Gasteiger partial charge in [0.2, 0.25) is 5.91 Å². The Morgan fingerprint density at radius 1 is 1.53 bits per heavy atom. The van der Waals surface area contributed by atoms with Gasteiger partial charge in [0.1, 0.15) is 5.41 Å². The predicted octanol–water partition coefficient (Wildman–Crippen LogP) is 2.26. The zero-order valence-corrected chi connectivity index (χ0v) is 10.2. The summed E-state index contributed by atoms with van der Waals surface area (Å²) in [5.41, 5.74) is 1.58. The summed E-state index contributed by atoms with van der Waals surface area (Å²) in [7, 11) is 1.77. The number of hydrogen-bond acceptors (Lipinski definition) is 2. The molecule has 3 heteroatoms. The largest absolute Gasteiger partial charge is 0.340 e. The minimum Gasteiger partial charge on any atom is -0.340 e. The molecule has 0 heterocycles. The standard InChI is InChI=1S/C14H16N2O/c1-11-4-3-5-12(8-11)9-16(2)13(17)14(10-15)6-7-14/h3-5,8H,6-7,9H2,1-2H3. The third kappa shape index (κ3) is 2.31. The molecule has 0 aromatic heterocycles. The van der Waals surface area contributed by atoms with Crippen molar-refractivity contribution in [1.82, 2.24) is 4.90 Å². The molecule has 0 unspecified atom stereocenters. The lowest BCUT2D eigenvalue weighted by Gasteiger charge is -2.19. The van der Waals surface area contributed by atoms with E-state index in [0.717, 1.165) is 5.56 Å². The highest BCUT2D eigenvalue weighted by Crippen LogP contribution is 2.46. The summed E-state index contributed by atoms with van der Waals surface area (Å²) >= 11 is 0. The van der Waals surface area contributed by atoms with E-state index in [9.17, 15) is 4.79 Å². The molecule has 3 nitrogen and oxygen atoms in total. The van der Waals surface area contributed by atoms with Gasteiger partial charge in [-0.05, 0) is 25.3 Å². The number of hydrogen-bond donors (Lipinski definition) is 0. The van der Waals surface area contributed by atoms with Crippen LogP contribution in [-0.2, 0) is 11.3 Å². The van der Waals surface area contributed by atoms with Gasteiger partial charge in [0.05, 0.1) is 6.07 Å². The van der Waals surface area contributed by atoms with Gasteiger partial charge in [0, 0.05) is 13.6 Å². The van der Waals surface area contributed by atoms with Crippen molar-refractivity contribution in [3.8, 4) is 6.07 Å². The Hall–Kier alpha value is -1.82. The Labute approximate surface area is 102 Å². The molecule has 1 fully saturated rings. The van der Waals surface area contributed by atoms with Crippen molar-refractivity contribution < 1.29 is 4.79 Å². The highest BCUT2D eigenvalue weighted by atomic mass is 16.2. The Kier molecular flexibility index (Phi) is 2.89. The van der Waals surface area contributed by atoms with Crippen molar-refractivity contribution in [3.63, 3.8) is 0 Å². The molecule has 0 spiro atoms. The van der Waals surface area contributed by atoms with Crippen molar-refractivity contribution in [2.24, 2.45) is 5.41 Å². The SMILES string of the molecule is Cc1cccc(CN(C)C(=O)C2(C#N)CC2)c1. The number of rotatable bonds is 3. The fraction of sp³-hybridized carbons (Fsp3) is 0.429. The highest BCUT2D eigenvalue weighted by molar-refractivity contribution is 5.88. The van der Waals surface area contributed by atoms with Gasteiger partial charge in [-0.15, -0.1) is 0 Å². The van der Waals surface area contributed by atoms with Crippen LogP contribution in [0.1, 0.15) is 24.0 Å². The van der Waals surface area contributed by atoms with Crippen LogP contribution in [0.2, 0.25) is 0 Å². The summed E-state index contributed by atoms with van der Waals surface area (Å²) < 4.78 is 0. The maximum absolute atomic E-state index is 12.1. The average Bonchev–Trinajstić information content (AvgIpc) is 3.09. The number of nitriles is 1. The minimum absolute atomic E-state index is 0.0403. The first kappa shape index (κ1) is 11.7. The van der Waals surface area contributed by atoms with Crippen molar-refractivity contribution in [1.29, 1.82) is 5.26 Å². The van der Waals surface area contributed by atoms with Crippen molar-refractivity contribution in [3.05, 3.63) is 35.4 Å². The van der Waals surface area contributed by atoms with E-state index in [-0.39, 0.29) is 5.91 Å². The first-order valence-electron chi connectivity index (χ1n) is 5.80. The quantitative estimate of drug-likeness (QED) is 0.796. The van der Waals surface area contributed by atoms with Gasteiger partial charge in [-0.1, -0.05) is 29.8 Å². The van der Waals surface area contributed by atoms with Crippen LogP contribution in [0.5, 0.6) is 0 Å². The van der Waals surface area contributed by atoms with E-state index in [1.807, 2.05) is 25.1 Å². The van der Waals surface area contributed by atoms with Crippen LogP contribution in [0.15, 0.2) is 24.3 Å². The molecule has 0 atom stereocenters. The summed E-state index contributed by atoms with van der Waals surface area (Å²) in [4.78, 5) is 13.7.